The van der Waals surface area contributed by atoms with E-state index in [4.69, 9.17) is 15.2 Å². The molecule has 0 heterocycles. The molecule has 0 aliphatic heterocycles. The Balaban J connectivity index is 2.44. The summed E-state index contributed by atoms with van der Waals surface area (Å²) >= 11 is 2.08. The van der Waals surface area contributed by atoms with Gasteiger partial charge in [0, 0.05) is 15.2 Å². The van der Waals surface area contributed by atoms with Crippen LogP contribution in [0.1, 0.15) is 17.2 Å². The van der Waals surface area contributed by atoms with Gasteiger partial charge in [0.2, 0.25) is 0 Å². The molecule has 1 unspecified atom stereocenters. The first-order valence-electron chi connectivity index (χ1n) is 5.99. The molecule has 2 N–H and O–H groups in total. The molecule has 0 aliphatic carbocycles. The first-order valence-corrected chi connectivity index (χ1v) is 7.07. The zero-order valence-corrected chi connectivity index (χ0v) is 13.3. The van der Waals surface area contributed by atoms with Gasteiger partial charge in [0.1, 0.15) is 17.3 Å². The molecule has 0 saturated carbocycles. The van der Waals surface area contributed by atoms with Crippen molar-refractivity contribution in [2.75, 3.05) is 14.2 Å². The maximum atomic E-state index is 13.2. The van der Waals surface area contributed by atoms with Crippen molar-refractivity contribution in [3.8, 4) is 11.5 Å². The molecule has 0 saturated heterocycles. The molecule has 3 nitrogen and oxygen atoms in total. The molecule has 1 atom stereocenters. The minimum Gasteiger partial charge on any atom is -0.497 e. The topological polar surface area (TPSA) is 44.5 Å². The molecular weight excluding hydrogens is 372 g/mol. The van der Waals surface area contributed by atoms with Crippen molar-refractivity contribution in [1.82, 2.24) is 0 Å². The van der Waals surface area contributed by atoms with E-state index >= 15 is 0 Å². The van der Waals surface area contributed by atoms with Gasteiger partial charge in [-0.15, -0.1) is 0 Å². The Morgan fingerprint density at radius 2 is 1.75 bits per heavy atom. The molecule has 2 rings (SSSR count). The summed E-state index contributed by atoms with van der Waals surface area (Å²) in [6.45, 7) is 0. The normalized spacial score (nSPS) is 12.1. The first-order chi connectivity index (χ1) is 9.56. The Labute approximate surface area is 131 Å². The van der Waals surface area contributed by atoms with Gasteiger partial charge in [-0.25, -0.2) is 4.39 Å². The van der Waals surface area contributed by atoms with E-state index in [2.05, 4.69) is 22.6 Å². The van der Waals surface area contributed by atoms with Crippen molar-refractivity contribution in [3.05, 3.63) is 56.9 Å². The first kappa shape index (κ1) is 15.1. The average Bonchev–Trinajstić information content (AvgIpc) is 2.46. The summed E-state index contributed by atoms with van der Waals surface area (Å²) in [6, 6.07) is 9.66. The van der Waals surface area contributed by atoms with Crippen LogP contribution in [0.2, 0.25) is 0 Å². The van der Waals surface area contributed by atoms with E-state index in [0.717, 1.165) is 14.7 Å². The maximum Gasteiger partial charge on any atom is 0.127 e. The molecule has 0 spiro atoms. The molecule has 0 aliphatic rings. The summed E-state index contributed by atoms with van der Waals surface area (Å²) in [5.74, 6) is 1.08. The predicted molar refractivity (Wildman–Crippen MR) is 84.7 cm³/mol. The number of benzene rings is 2. The van der Waals surface area contributed by atoms with Gasteiger partial charge in [-0.2, -0.15) is 0 Å². The van der Waals surface area contributed by atoms with E-state index in [1.807, 2.05) is 12.1 Å². The van der Waals surface area contributed by atoms with Crippen LogP contribution in [0.25, 0.3) is 0 Å². The van der Waals surface area contributed by atoms with Gasteiger partial charge < -0.3 is 15.2 Å². The van der Waals surface area contributed by atoms with Gasteiger partial charge in [0.05, 0.1) is 20.3 Å². The quantitative estimate of drug-likeness (QED) is 0.817. The highest BCUT2D eigenvalue weighted by Crippen LogP contribution is 2.33. The van der Waals surface area contributed by atoms with E-state index in [1.54, 1.807) is 26.4 Å². The number of methoxy groups -OCH3 is 2. The van der Waals surface area contributed by atoms with Crippen LogP contribution in [0, 0.1) is 9.39 Å². The molecule has 5 heteroatoms. The van der Waals surface area contributed by atoms with Crippen LogP contribution in [0.15, 0.2) is 36.4 Å². The van der Waals surface area contributed by atoms with E-state index in [1.165, 1.54) is 12.1 Å². The molecule has 2 aromatic rings. The SMILES string of the molecule is COc1ccc(C(N)c2ccc(F)cc2I)c(OC)c1. The highest BCUT2D eigenvalue weighted by Gasteiger charge is 2.17. The number of hydrogen-bond donors (Lipinski definition) is 1. The van der Waals surface area contributed by atoms with Crippen molar-refractivity contribution in [3.63, 3.8) is 0 Å². The van der Waals surface area contributed by atoms with E-state index in [9.17, 15) is 4.39 Å². The number of hydrogen-bond acceptors (Lipinski definition) is 3. The number of halogens is 2. The lowest BCUT2D eigenvalue weighted by Gasteiger charge is -2.18. The van der Waals surface area contributed by atoms with Crippen LogP contribution in [-0.4, -0.2) is 14.2 Å². The van der Waals surface area contributed by atoms with Crippen LogP contribution in [0.4, 0.5) is 4.39 Å². The van der Waals surface area contributed by atoms with Crippen molar-refractivity contribution in [2.45, 2.75) is 6.04 Å². The summed E-state index contributed by atoms with van der Waals surface area (Å²) in [7, 11) is 3.18. The average molecular weight is 387 g/mol. The van der Waals surface area contributed by atoms with Crippen LogP contribution in [-0.2, 0) is 0 Å². The lowest BCUT2D eigenvalue weighted by Crippen LogP contribution is -2.14. The van der Waals surface area contributed by atoms with Gasteiger partial charge >= 0.3 is 0 Å². The highest BCUT2D eigenvalue weighted by molar-refractivity contribution is 14.1. The number of rotatable bonds is 4. The van der Waals surface area contributed by atoms with Crippen LogP contribution < -0.4 is 15.2 Å². The van der Waals surface area contributed by atoms with Gasteiger partial charge in [-0.3, -0.25) is 0 Å². The Kier molecular flexibility index (Phi) is 4.82. The van der Waals surface area contributed by atoms with Gasteiger partial charge in [-0.1, -0.05) is 6.07 Å². The fraction of sp³-hybridized carbons (Fsp3) is 0.200. The standard InChI is InChI=1S/C15H15FINO2/c1-19-10-4-6-12(14(8-10)20-2)15(18)11-5-3-9(16)7-13(11)17/h3-8,15H,18H2,1-2H3. The summed E-state index contributed by atoms with van der Waals surface area (Å²) < 4.78 is 24.5. The molecule has 0 radical (unpaired) electrons. The Morgan fingerprint density at radius 1 is 1.05 bits per heavy atom. The summed E-state index contributed by atoms with van der Waals surface area (Å²) in [5.41, 5.74) is 7.98. The molecule has 106 valence electrons. The summed E-state index contributed by atoms with van der Waals surface area (Å²) in [6.07, 6.45) is 0. The molecule has 0 bridgehead atoms. The van der Waals surface area contributed by atoms with E-state index in [-0.39, 0.29) is 11.9 Å². The molecule has 20 heavy (non-hydrogen) atoms. The lowest BCUT2D eigenvalue weighted by molar-refractivity contribution is 0.390. The van der Waals surface area contributed by atoms with Gasteiger partial charge in [-0.05, 0) is 52.4 Å². The fourth-order valence-electron chi connectivity index (χ4n) is 2.00. The van der Waals surface area contributed by atoms with E-state index < -0.39 is 0 Å². The van der Waals surface area contributed by atoms with E-state index in [0.29, 0.717) is 11.5 Å². The molecule has 2 aromatic carbocycles. The summed E-state index contributed by atoms with van der Waals surface area (Å²) in [5, 5.41) is 0. The largest absolute Gasteiger partial charge is 0.497 e. The summed E-state index contributed by atoms with van der Waals surface area (Å²) in [4.78, 5) is 0. The number of nitrogens with two attached hydrogens (primary N) is 1. The van der Waals surface area contributed by atoms with Crippen molar-refractivity contribution < 1.29 is 13.9 Å². The Hall–Kier alpha value is -1.34. The van der Waals surface area contributed by atoms with Crippen LogP contribution in [0.5, 0.6) is 11.5 Å². The van der Waals surface area contributed by atoms with Crippen LogP contribution >= 0.6 is 22.6 Å². The molecule has 0 fully saturated rings. The fourth-order valence-corrected chi connectivity index (χ4v) is 2.81. The third kappa shape index (κ3) is 3.04. The second-order valence-electron chi connectivity index (χ2n) is 4.25. The van der Waals surface area contributed by atoms with Crippen molar-refractivity contribution in [2.24, 2.45) is 5.73 Å². The molecule has 0 amide bonds. The second kappa shape index (κ2) is 6.41. The number of ether oxygens (including phenoxy) is 2. The van der Waals surface area contributed by atoms with Gasteiger partial charge in [0.25, 0.3) is 0 Å². The zero-order chi connectivity index (χ0) is 14.7. The highest BCUT2D eigenvalue weighted by atomic mass is 127. The van der Waals surface area contributed by atoms with Gasteiger partial charge in [0.15, 0.2) is 0 Å². The molecule has 0 aromatic heterocycles. The van der Waals surface area contributed by atoms with Crippen LogP contribution in [0.3, 0.4) is 0 Å². The third-order valence-electron chi connectivity index (χ3n) is 3.07. The minimum absolute atomic E-state index is 0.271. The van der Waals surface area contributed by atoms with Crippen molar-refractivity contribution in [1.29, 1.82) is 0 Å². The second-order valence-corrected chi connectivity index (χ2v) is 5.41. The van der Waals surface area contributed by atoms with Crippen molar-refractivity contribution >= 4 is 22.6 Å². The molecular formula is C15H15FINO2. The monoisotopic (exact) mass is 387 g/mol. The maximum absolute atomic E-state index is 13.2. The zero-order valence-electron chi connectivity index (χ0n) is 11.2. The lowest BCUT2D eigenvalue weighted by atomic mass is 9.98. The minimum atomic E-state index is -0.386. The third-order valence-corrected chi connectivity index (χ3v) is 4.01. The predicted octanol–water partition coefficient (Wildman–Crippen LogP) is 3.50. The Bertz CT molecular complexity index is 619. The Morgan fingerprint density at radius 3 is 2.35 bits per heavy atom. The smallest absolute Gasteiger partial charge is 0.127 e.